The summed E-state index contributed by atoms with van der Waals surface area (Å²) in [6, 6.07) is 8.87. The molecule has 0 aromatic heterocycles. The van der Waals surface area contributed by atoms with E-state index in [1.807, 2.05) is 6.07 Å². The third-order valence-corrected chi connectivity index (χ3v) is 3.94. The molecule has 1 aliphatic heterocycles. The van der Waals surface area contributed by atoms with Crippen LogP contribution >= 0.6 is 8.03 Å². The van der Waals surface area contributed by atoms with E-state index < -0.39 is 19.7 Å². The summed E-state index contributed by atoms with van der Waals surface area (Å²) in [7, 11) is -2.42. The van der Waals surface area contributed by atoms with E-state index >= 15 is 0 Å². The molecule has 1 aromatic rings. The summed E-state index contributed by atoms with van der Waals surface area (Å²) in [5.41, 5.74) is -0.584. The first-order valence-corrected chi connectivity index (χ1v) is 6.60. The zero-order valence-electron chi connectivity index (χ0n) is 8.72. The fraction of sp³-hybridized carbons (Fsp3) is 0.364. The number of esters is 1. The molecule has 2 rings (SSSR count). The van der Waals surface area contributed by atoms with Gasteiger partial charge in [0.2, 0.25) is 0 Å². The van der Waals surface area contributed by atoms with Crippen LogP contribution in [0.2, 0.25) is 0 Å². The second-order valence-electron chi connectivity index (χ2n) is 3.60. The fourth-order valence-corrected chi connectivity index (χ4v) is 2.79. The summed E-state index contributed by atoms with van der Waals surface area (Å²) < 4.78 is 22.0. The number of carbonyl (C=O) groups is 1. The summed E-state index contributed by atoms with van der Waals surface area (Å²) in [6.07, 6.45) is 1.34. The highest BCUT2D eigenvalue weighted by Crippen LogP contribution is 2.36. The van der Waals surface area contributed by atoms with Crippen molar-refractivity contribution in [3.63, 3.8) is 0 Å². The molecule has 0 bridgehead atoms. The van der Waals surface area contributed by atoms with Crippen LogP contribution in [-0.2, 0) is 14.1 Å². The van der Waals surface area contributed by atoms with Crippen molar-refractivity contribution in [1.29, 1.82) is 0 Å². The van der Waals surface area contributed by atoms with Crippen molar-refractivity contribution in [2.24, 2.45) is 0 Å². The van der Waals surface area contributed by atoms with E-state index in [1.165, 1.54) is 0 Å². The Balaban J connectivity index is 2.00. The van der Waals surface area contributed by atoms with Crippen LogP contribution in [0.4, 0.5) is 0 Å². The molecule has 86 valence electrons. The van der Waals surface area contributed by atoms with Crippen LogP contribution in [0, 0.1) is 0 Å². The SMILES string of the molecule is O=C1OCCCC1[PH](=O)Oc1ccccc1. The first kappa shape index (κ1) is 11.2. The highest BCUT2D eigenvalue weighted by molar-refractivity contribution is 7.41. The molecule has 0 saturated carbocycles. The van der Waals surface area contributed by atoms with Crippen LogP contribution in [0.5, 0.6) is 5.75 Å². The third kappa shape index (κ3) is 2.64. The highest BCUT2D eigenvalue weighted by atomic mass is 31.1. The molecule has 1 aromatic carbocycles. The lowest BCUT2D eigenvalue weighted by Crippen LogP contribution is -2.27. The number of cyclic esters (lactones) is 1. The third-order valence-electron chi connectivity index (χ3n) is 2.41. The molecule has 0 amide bonds. The Kier molecular flexibility index (Phi) is 3.62. The largest absolute Gasteiger partial charge is 0.465 e. The highest BCUT2D eigenvalue weighted by Gasteiger charge is 2.30. The predicted octanol–water partition coefficient (Wildman–Crippen LogP) is 2.25. The Morgan fingerprint density at radius 1 is 1.31 bits per heavy atom. The molecule has 0 radical (unpaired) electrons. The second kappa shape index (κ2) is 5.17. The molecule has 16 heavy (non-hydrogen) atoms. The van der Waals surface area contributed by atoms with Crippen molar-refractivity contribution in [2.75, 3.05) is 6.61 Å². The lowest BCUT2D eigenvalue weighted by molar-refractivity contribution is -0.146. The van der Waals surface area contributed by atoms with Crippen LogP contribution in [0.25, 0.3) is 0 Å². The van der Waals surface area contributed by atoms with Crippen molar-refractivity contribution < 1.29 is 18.6 Å². The summed E-state index contributed by atoms with van der Waals surface area (Å²) in [6.45, 7) is 0.426. The van der Waals surface area contributed by atoms with Gasteiger partial charge in [-0.3, -0.25) is 9.36 Å². The molecule has 1 fully saturated rings. The Morgan fingerprint density at radius 3 is 2.75 bits per heavy atom. The minimum absolute atomic E-state index is 0.397. The van der Waals surface area contributed by atoms with Crippen molar-refractivity contribution >= 4 is 14.0 Å². The molecule has 0 spiro atoms. The maximum atomic E-state index is 11.8. The van der Waals surface area contributed by atoms with Gasteiger partial charge in [-0.05, 0) is 25.0 Å². The summed E-state index contributed by atoms with van der Waals surface area (Å²) in [5.74, 6) is 0.135. The van der Waals surface area contributed by atoms with Crippen LogP contribution in [0.3, 0.4) is 0 Å². The Hall–Kier alpha value is -1.28. The minimum Gasteiger partial charge on any atom is -0.465 e. The van der Waals surface area contributed by atoms with Gasteiger partial charge in [-0.15, -0.1) is 0 Å². The monoisotopic (exact) mass is 240 g/mol. The Bertz CT molecular complexity index is 390. The van der Waals surface area contributed by atoms with Gasteiger partial charge in [-0.1, -0.05) is 18.2 Å². The van der Waals surface area contributed by atoms with Crippen LogP contribution in [-0.4, -0.2) is 18.2 Å². The van der Waals surface area contributed by atoms with Crippen molar-refractivity contribution in [2.45, 2.75) is 18.5 Å². The maximum Gasteiger partial charge on any atom is 0.319 e. The smallest absolute Gasteiger partial charge is 0.319 e. The second-order valence-corrected chi connectivity index (χ2v) is 5.14. The van der Waals surface area contributed by atoms with Gasteiger partial charge >= 0.3 is 5.97 Å². The van der Waals surface area contributed by atoms with Gasteiger partial charge in [0.15, 0.2) is 0 Å². The number of hydrogen-bond donors (Lipinski definition) is 0. The van der Waals surface area contributed by atoms with Gasteiger partial charge in [-0.2, -0.15) is 0 Å². The van der Waals surface area contributed by atoms with Gasteiger partial charge in [0.1, 0.15) is 11.4 Å². The normalized spacial score (nSPS) is 22.2. The van der Waals surface area contributed by atoms with Crippen LogP contribution in [0.1, 0.15) is 12.8 Å². The average Bonchev–Trinajstić information content (AvgIpc) is 2.31. The predicted molar refractivity (Wildman–Crippen MR) is 60.1 cm³/mol. The Labute approximate surface area is 94.4 Å². The lowest BCUT2D eigenvalue weighted by Gasteiger charge is -2.20. The van der Waals surface area contributed by atoms with Crippen molar-refractivity contribution in [1.82, 2.24) is 0 Å². The van der Waals surface area contributed by atoms with Gasteiger partial charge in [0.25, 0.3) is 8.03 Å². The molecule has 1 aliphatic rings. The zero-order valence-corrected chi connectivity index (χ0v) is 9.72. The average molecular weight is 240 g/mol. The van der Waals surface area contributed by atoms with E-state index in [4.69, 9.17) is 9.26 Å². The van der Waals surface area contributed by atoms with E-state index in [9.17, 15) is 9.36 Å². The van der Waals surface area contributed by atoms with Crippen LogP contribution < -0.4 is 4.52 Å². The number of rotatable bonds is 3. The zero-order chi connectivity index (χ0) is 11.4. The van der Waals surface area contributed by atoms with E-state index in [1.54, 1.807) is 24.3 Å². The summed E-state index contributed by atoms with van der Waals surface area (Å²) in [4.78, 5) is 11.3. The number of para-hydroxylation sites is 1. The molecule has 2 atom stereocenters. The van der Waals surface area contributed by atoms with Gasteiger partial charge in [0.05, 0.1) is 6.61 Å². The topological polar surface area (TPSA) is 52.6 Å². The van der Waals surface area contributed by atoms with Gasteiger partial charge < -0.3 is 9.26 Å². The standard InChI is InChI=1S/C11H13O4P/c12-11-10(7-4-8-14-11)16(13)15-9-5-2-1-3-6-9/h1-3,5-6,10,16H,4,7-8H2. The molecule has 5 heteroatoms. The van der Waals surface area contributed by atoms with Gasteiger partial charge in [-0.25, -0.2) is 0 Å². The minimum atomic E-state index is -2.42. The molecule has 1 heterocycles. The first-order chi connectivity index (χ1) is 7.77. The molecule has 0 N–H and O–H groups in total. The molecule has 2 unspecified atom stereocenters. The fourth-order valence-electron chi connectivity index (χ4n) is 1.57. The van der Waals surface area contributed by atoms with E-state index in [0.29, 0.717) is 18.8 Å². The van der Waals surface area contributed by atoms with E-state index in [0.717, 1.165) is 6.42 Å². The summed E-state index contributed by atoms with van der Waals surface area (Å²) >= 11 is 0. The Morgan fingerprint density at radius 2 is 2.06 bits per heavy atom. The molecule has 1 saturated heterocycles. The number of benzene rings is 1. The number of carbonyl (C=O) groups excluding carboxylic acids is 1. The lowest BCUT2D eigenvalue weighted by atomic mass is 10.2. The maximum absolute atomic E-state index is 11.8. The molecular weight excluding hydrogens is 227 g/mol. The quantitative estimate of drug-likeness (QED) is 0.600. The number of hydrogen-bond acceptors (Lipinski definition) is 4. The van der Waals surface area contributed by atoms with E-state index in [2.05, 4.69) is 0 Å². The molecule has 4 nitrogen and oxygen atoms in total. The molecular formula is C11H13O4P. The van der Waals surface area contributed by atoms with Crippen LogP contribution in [0.15, 0.2) is 30.3 Å². The van der Waals surface area contributed by atoms with E-state index in [-0.39, 0.29) is 0 Å². The van der Waals surface area contributed by atoms with Gasteiger partial charge in [0, 0.05) is 0 Å². The number of ether oxygens (including phenoxy) is 1. The first-order valence-electron chi connectivity index (χ1n) is 5.21. The molecule has 0 aliphatic carbocycles. The van der Waals surface area contributed by atoms with Crippen molar-refractivity contribution in [3.05, 3.63) is 30.3 Å². The van der Waals surface area contributed by atoms with Crippen molar-refractivity contribution in [3.8, 4) is 5.75 Å². The summed E-state index contributed by atoms with van der Waals surface area (Å²) in [5, 5.41) is 0.